The number of nitrogens with zero attached hydrogens (tertiary/aromatic N) is 2. The molecule has 10 heteroatoms. The fourth-order valence-corrected chi connectivity index (χ4v) is 3.18. The molecule has 1 heterocycles. The van der Waals surface area contributed by atoms with E-state index < -0.39 is 51.9 Å². The van der Waals surface area contributed by atoms with Gasteiger partial charge in [0.15, 0.2) is 6.61 Å². The molecule has 3 amide bonds. The van der Waals surface area contributed by atoms with E-state index in [1.54, 1.807) is 12.1 Å². The average molecular weight is 396 g/mol. The molecule has 1 aromatic rings. The highest BCUT2D eigenvalue weighted by molar-refractivity contribution is 7.90. The standard InChI is InChI=1S/C17H20N2O7S/c1-18(2)14(20)10-26-17(23)13(8-9-27(3,24)25)19-15(21)11-6-4-5-7-12(11)16(19)22/h4-7,13H,8-10H2,1-3H3/t13-/m1/s1. The SMILES string of the molecule is CN(C)C(=O)COC(=O)[C@@H](CCS(C)(=O)=O)N1C(=O)c2ccccc2C1=O. The number of hydrogen-bond donors (Lipinski definition) is 0. The second-order valence-electron chi connectivity index (χ2n) is 6.36. The molecule has 9 nitrogen and oxygen atoms in total. The number of likely N-dealkylation sites (N-methyl/N-ethyl adjacent to an activating group) is 1. The highest BCUT2D eigenvalue weighted by Crippen LogP contribution is 2.26. The van der Waals surface area contributed by atoms with Gasteiger partial charge in [0.25, 0.3) is 17.7 Å². The lowest BCUT2D eigenvalue weighted by molar-refractivity contribution is -0.154. The zero-order chi connectivity index (χ0) is 20.4. The fraction of sp³-hybridized carbons (Fsp3) is 0.412. The molecule has 0 saturated carbocycles. The van der Waals surface area contributed by atoms with Crippen LogP contribution in [0.4, 0.5) is 0 Å². The summed E-state index contributed by atoms with van der Waals surface area (Å²) in [5.41, 5.74) is 0.257. The molecular formula is C17H20N2O7S. The van der Waals surface area contributed by atoms with Crippen LogP contribution in [0.2, 0.25) is 0 Å². The molecule has 0 bridgehead atoms. The summed E-state index contributed by atoms with van der Waals surface area (Å²) in [6, 6.07) is 4.61. The Labute approximate surface area is 156 Å². The van der Waals surface area contributed by atoms with Crippen molar-refractivity contribution in [3.63, 3.8) is 0 Å². The lowest BCUT2D eigenvalue weighted by Gasteiger charge is -2.24. The second kappa shape index (κ2) is 7.87. The van der Waals surface area contributed by atoms with Gasteiger partial charge in [-0.3, -0.25) is 19.3 Å². The first-order valence-electron chi connectivity index (χ1n) is 8.04. The van der Waals surface area contributed by atoms with E-state index in [0.29, 0.717) is 4.90 Å². The number of rotatable bonds is 7. The van der Waals surface area contributed by atoms with Crippen LogP contribution >= 0.6 is 0 Å². The topological polar surface area (TPSA) is 118 Å². The van der Waals surface area contributed by atoms with Crippen LogP contribution in [0.15, 0.2) is 24.3 Å². The third-order valence-electron chi connectivity index (χ3n) is 4.01. The maximum absolute atomic E-state index is 12.6. The van der Waals surface area contributed by atoms with Gasteiger partial charge in [-0.25, -0.2) is 13.2 Å². The first kappa shape index (κ1) is 20.6. The first-order chi connectivity index (χ1) is 12.5. The van der Waals surface area contributed by atoms with Gasteiger partial charge in [-0.1, -0.05) is 12.1 Å². The van der Waals surface area contributed by atoms with Crippen LogP contribution in [-0.4, -0.2) is 80.7 Å². The van der Waals surface area contributed by atoms with Gasteiger partial charge in [-0.05, 0) is 18.6 Å². The molecule has 0 aliphatic carbocycles. The van der Waals surface area contributed by atoms with Crippen LogP contribution in [0.25, 0.3) is 0 Å². The van der Waals surface area contributed by atoms with Crippen molar-refractivity contribution in [2.45, 2.75) is 12.5 Å². The molecular weight excluding hydrogens is 376 g/mol. The second-order valence-corrected chi connectivity index (χ2v) is 8.62. The molecule has 0 saturated heterocycles. The van der Waals surface area contributed by atoms with Gasteiger partial charge in [0.05, 0.1) is 16.9 Å². The van der Waals surface area contributed by atoms with Gasteiger partial charge in [-0.2, -0.15) is 0 Å². The number of amides is 3. The number of sulfone groups is 1. The molecule has 1 aliphatic heterocycles. The van der Waals surface area contributed by atoms with Crippen LogP contribution < -0.4 is 0 Å². The normalized spacial score (nSPS) is 14.7. The van der Waals surface area contributed by atoms with E-state index >= 15 is 0 Å². The summed E-state index contributed by atoms with van der Waals surface area (Å²) in [7, 11) is -0.514. The van der Waals surface area contributed by atoms with Crippen LogP contribution in [0.3, 0.4) is 0 Å². The number of hydrogen-bond acceptors (Lipinski definition) is 7. The van der Waals surface area contributed by atoms with Crippen LogP contribution in [-0.2, 0) is 24.2 Å². The Morgan fingerprint density at radius 3 is 2.07 bits per heavy atom. The van der Waals surface area contributed by atoms with Gasteiger partial charge in [0.1, 0.15) is 15.9 Å². The average Bonchev–Trinajstić information content (AvgIpc) is 2.84. The fourth-order valence-electron chi connectivity index (χ4n) is 2.53. The van der Waals surface area contributed by atoms with E-state index in [9.17, 15) is 27.6 Å². The van der Waals surface area contributed by atoms with E-state index in [-0.39, 0.29) is 17.5 Å². The van der Waals surface area contributed by atoms with E-state index in [1.165, 1.54) is 31.1 Å². The molecule has 1 aliphatic rings. The summed E-state index contributed by atoms with van der Waals surface area (Å²) in [6.07, 6.45) is 0.659. The predicted octanol–water partition coefficient (Wildman–Crippen LogP) is -0.283. The number of fused-ring (bicyclic) bond motifs is 1. The number of esters is 1. The van der Waals surface area contributed by atoms with Gasteiger partial charge in [-0.15, -0.1) is 0 Å². The highest BCUT2D eigenvalue weighted by Gasteiger charge is 2.43. The first-order valence-corrected chi connectivity index (χ1v) is 10.1. The lowest BCUT2D eigenvalue weighted by Crippen LogP contribution is -2.47. The van der Waals surface area contributed by atoms with E-state index in [1.807, 2.05) is 0 Å². The molecule has 0 unspecified atom stereocenters. The third-order valence-corrected chi connectivity index (χ3v) is 4.99. The van der Waals surface area contributed by atoms with Crippen molar-refractivity contribution in [3.05, 3.63) is 35.4 Å². The molecule has 0 aromatic heterocycles. The van der Waals surface area contributed by atoms with Crippen molar-refractivity contribution in [1.29, 1.82) is 0 Å². The van der Waals surface area contributed by atoms with Gasteiger partial charge < -0.3 is 9.64 Å². The third kappa shape index (κ3) is 4.70. The Balaban J connectivity index is 2.27. The van der Waals surface area contributed by atoms with E-state index in [4.69, 9.17) is 4.74 Å². The van der Waals surface area contributed by atoms with Crippen molar-refractivity contribution in [1.82, 2.24) is 9.80 Å². The molecule has 0 spiro atoms. The summed E-state index contributed by atoms with van der Waals surface area (Å²) in [5, 5.41) is 0. The molecule has 0 fully saturated rings. The maximum atomic E-state index is 12.6. The quantitative estimate of drug-likeness (QED) is 0.459. The lowest BCUT2D eigenvalue weighted by atomic mass is 10.1. The number of carbonyl (C=O) groups excluding carboxylic acids is 4. The van der Waals surface area contributed by atoms with Gasteiger partial charge in [0.2, 0.25) is 0 Å². The van der Waals surface area contributed by atoms with Crippen molar-refractivity contribution in [2.24, 2.45) is 0 Å². The minimum atomic E-state index is -3.46. The Morgan fingerprint density at radius 2 is 1.63 bits per heavy atom. The summed E-state index contributed by atoms with van der Waals surface area (Å²) >= 11 is 0. The summed E-state index contributed by atoms with van der Waals surface area (Å²) in [4.78, 5) is 51.2. The van der Waals surface area contributed by atoms with Crippen LogP contribution in [0, 0.1) is 0 Å². The molecule has 0 N–H and O–H groups in total. The van der Waals surface area contributed by atoms with Crippen molar-refractivity contribution in [3.8, 4) is 0 Å². The van der Waals surface area contributed by atoms with Crippen molar-refractivity contribution >= 4 is 33.5 Å². The van der Waals surface area contributed by atoms with E-state index in [2.05, 4.69) is 0 Å². The zero-order valence-corrected chi connectivity index (χ0v) is 16.0. The molecule has 1 aromatic carbocycles. The Morgan fingerprint density at radius 1 is 1.11 bits per heavy atom. The summed E-state index contributed by atoms with van der Waals surface area (Å²) in [6.45, 7) is -0.579. The van der Waals surface area contributed by atoms with Gasteiger partial charge in [0, 0.05) is 20.4 Å². The number of carbonyl (C=O) groups is 4. The number of ether oxygens (including phenoxy) is 1. The molecule has 27 heavy (non-hydrogen) atoms. The monoisotopic (exact) mass is 396 g/mol. The van der Waals surface area contributed by atoms with Crippen LogP contribution in [0.5, 0.6) is 0 Å². The van der Waals surface area contributed by atoms with Gasteiger partial charge >= 0.3 is 5.97 Å². The summed E-state index contributed by atoms with van der Waals surface area (Å²) < 4.78 is 27.9. The number of imide groups is 1. The van der Waals surface area contributed by atoms with Crippen molar-refractivity contribution < 1.29 is 32.3 Å². The largest absolute Gasteiger partial charge is 0.454 e. The maximum Gasteiger partial charge on any atom is 0.329 e. The smallest absolute Gasteiger partial charge is 0.329 e. The van der Waals surface area contributed by atoms with Crippen LogP contribution in [0.1, 0.15) is 27.1 Å². The van der Waals surface area contributed by atoms with Crippen molar-refractivity contribution in [2.75, 3.05) is 32.7 Å². The Bertz CT molecular complexity index is 857. The number of benzene rings is 1. The summed E-state index contributed by atoms with van der Waals surface area (Å²) in [5.74, 6) is -3.34. The Kier molecular flexibility index (Phi) is 5.99. The molecule has 146 valence electrons. The minimum absolute atomic E-state index is 0.129. The zero-order valence-electron chi connectivity index (χ0n) is 15.2. The Hall–Kier alpha value is -2.75. The molecule has 2 rings (SSSR count). The highest BCUT2D eigenvalue weighted by atomic mass is 32.2. The minimum Gasteiger partial charge on any atom is -0.454 e. The molecule has 1 atom stereocenters. The molecule has 0 radical (unpaired) electrons. The predicted molar refractivity (Wildman–Crippen MR) is 94.7 cm³/mol. The van der Waals surface area contributed by atoms with E-state index in [0.717, 1.165) is 6.26 Å².